The minimum Gasteiger partial charge on any atom is -0.495 e. The molecule has 0 spiro atoms. The van der Waals surface area contributed by atoms with Gasteiger partial charge in [-0.25, -0.2) is 8.42 Å². The van der Waals surface area contributed by atoms with Crippen molar-refractivity contribution in [2.75, 3.05) is 37.2 Å². The van der Waals surface area contributed by atoms with Gasteiger partial charge >= 0.3 is 0 Å². The van der Waals surface area contributed by atoms with Crippen LogP contribution in [0.4, 0.5) is 11.4 Å². The Morgan fingerprint density at radius 1 is 1.00 bits per heavy atom. The van der Waals surface area contributed by atoms with Gasteiger partial charge in [-0.05, 0) is 37.3 Å². The Balaban J connectivity index is 2.35. The fraction of sp³-hybridized carbons (Fsp3) is 0.316. The highest BCUT2D eigenvalue weighted by atomic mass is 35.5. The Labute approximate surface area is 175 Å². The van der Waals surface area contributed by atoms with Gasteiger partial charge in [0.1, 0.15) is 11.8 Å². The largest absolute Gasteiger partial charge is 0.495 e. The number of hydrogen-bond acceptors (Lipinski definition) is 6. The topological polar surface area (TPSA) is 94.2 Å². The van der Waals surface area contributed by atoms with E-state index in [-0.39, 0.29) is 5.69 Å². The fourth-order valence-electron chi connectivity index (χ4n) is 2.76. The molecular weight excluding hydrogens is 420 g/mol. The summed E-state index contributed by atoms with van der Waals surface area (Å²) in [5.41, 5.74) is 0.675. The number of nitrogens with one attached hydrogen (secondary N) is 1. The van der Waals surface area contributed by atoms with Crippen molar-refractivity contribution in [3.8, 4) is 17.2 Å². The van der Waals surface area contributed by atoms with Gasteiger partial charge in [-0.3, -0.25) is 9.10 Å². The third-order valence-electron chi connectivity index (χ3n) is 4.13. The zero-order valence-corrected chi connectivity index (χ0v) is 18.3. The number of rotatable bonds is 8. The molecule has 0 saturated heterocycles. The van der Waals surface area contributed by atoms with E-state index >= 15 is 0 Å². The standard InChI is InChI=1S/C19H23ClN2O6S/c1-12(19(23)21-13-6-8-16(26-2)15(20)10-13)22(29(5,24)25)14-7-9-17(27-3)18(11-14)28-4/h6-12H,1-5H3,(H,21,23). The van der Waals surface area contributed by atoms with Crippen LogP contribution in [0.5, 0.6) is 17.2 Å². The normalized spacial score (nSPS) is 12.1. The lowest BCUT2D eigenvalue weighted by Gasteiger charge is -2.28. The Hall–Kier alpha value is -2.65. The summed E-state index contributed by atoms with van der Waals surface area (Å²) >= 11 is 6.08. The van der Waals surface area contributed by atoms with Gasteiger partial charge < -0.3 is 19.5 Å². The van der Waals surface area contributed by atoms with Crippen molar-refractivity contribution >= 4 is 38.9 Å². The first-order valence-corrected chi connectivity index (χ1v) is 10.7. The van der Waals surface area contributed by atoms with Crippen LogP contribution in [0.25, 0.3) is 0 Å². The molecule has 10 heteroatoms. The van der Waals surface area contributed by atoms with Gasteiger partial charge in [-0.2, -0.15) is 0 Å². The second kappa shape index (κ2) is 9.23. The monoisotopic (exact) mass is 442 g/mol. The average Bonchev–Trinajstić information content (AvgIpc) is 2.66. The van der Waals surface area contributed by atoms with Crippen molar-refractivity contribution < 1.29 is 27.4 Å². The summed E-state index contributed by atoms with van der Waals surface area (Å²) in [6, 6.07) is 8.28. The molecule has 158 valence electrons. The molecular formula is C19H23ClN2O6S. The van der Waals surface area contributed by atoms with Crippen molar-refractivity contribution in [2.24, 2.45) is 0 Å². The summed E-state index contributed by atoms with van der Waals surface area (Å²) in [5.74, 6) is 0.704. The number of benzene rings is 2. The lowest BCUT2D eigenvalue weighted by molar-refractivity contribution is -0.116. The van der Waals surface area contributed by atoms with E-state index in [0.717, 1.165) is 10.6 Å². The van der Waals surface area contributed by atoms with Crippen molar-refractivity contribution in [3.05, 3.63) is 41.4 Å². The summed E-state index contributed by atoms with van der Waals surface area (Å²) in [4.78, 5) is 12.8. The second-order valence-corrected chi connectivity index (χ2v) is 8.38. The molecule has 2 aromatic carbocycles. The van der Waals surface area contributed by atoms with Gasteiger partial charge in [0.2, 0.25) is 15.9 Å². The minimum absolute atomic E-state index is 0.264. The Morgan fingerprint density at radius 3 is 2.10 bits per heavy atom. The van der Waals surface area contributed by atoms with E-state index in [1.807, 2.05) is 0 Å². The lowest BCUT2D eigenvalue weighted by atomic mass is 10.2. The number of halogens is 1. The zero-order chi connectivity index (χ0) is 21.8. The Kier molecular flexibility index (Phi) is 7.21. The summed E-state index contributed by atoms with van der Waals surface area (Å²) in [5, 5.41) is 2.98. The van der Waals surface area contributed by atoms with Gasteiger partial charge in [0.15, 0.2) is 11.5 Å². The number of sulfonamides is 1. The van der Waals surface area contributed by atoms with E-state index in [4.69, 9.17) is 25.8 Å². The molecule has 1 unspecified atom stereocenters. The maximum Gasteiger partial charge on any atom is 0.247 e. The van der Waals surface area contributed by atoms with Crippen molar-refractivity contribution in [1.82, 2.24) is 0 Å². The summed E-state index contributed by atoms with van der Waals surface area (Å²) in [6.45, 7) is 1.48. The molecule has 2 rings (SSSR count). The van der Waals surface area contributed by atoms with E-state index in [1.54, 1.807) is 18.2 Å². The van der Waals surface area contributed by atoms with Gasteiger partial charge in [0, 0.05) is 11.8 Å². The van der Waals surface area contributed by atoms with E-state index in [9.17, 15) is 13.2 Å². The molecule has 1 atom stereocenters. The van der Waals surface area contributed by atoms with Gasteiger partial charge in [0.05, 0.1) is 38.3 Å². The molecule has 2 aromatic rings. The molecule has 0 fully saturated rings. The van der Waals surface area contributed by atoms with Crippen LogP contribution in [0.1, 0.15) is 6.92 Å². The van der Waals surface area contributed by atoms with Crippen LogP contribution in [0, 0.1) is 0 Å². The molecule has 8 nitrogen and oxygen atoms in total. The number of anilines is 2. The molecule has 1 N–H and O–H groups in total. The molecule has 1 amide bonds. The van der Waals surface area contributed by atoms with Gasteiger partial charge in [-0.1, -0.05) is 11.6 Å². The van der Waals surface area contributed by atoms with Crippen LogP contribution in [0.15, 0.2) is 36.4 Å². The quantitative estimate of drug-likeness (QED) is 0.674. The van der Waals surface area contributed by atoms with Crippen LogP contribution in [0.2, 0.25) is 5.02 Å². The van der Waals surface area contributed by atoms with Crippen LogP contribution in [0.3, 0.4) is 0 Å². The smallest absolute Gasteiger partial charge is 0.247 e. The Morgan fingerprint density at radius 2 is 1.59 bits per heavy atom. The molecule has 0 radical (unpaired) electrons. The number of ether oxygens (including phenoxy) is 3. The van der Waals surface area contributed by atoms with Crippen molar-refractivity contribution in [1.29, 1.82) is 0 Å². The van der Waals surface area contributed by atoms with E-state index in [1.165, 1.54) is 46.5 Å². The zero-order valence-electron chi connectivity index (χ0n) is 16.7. The van der Waals surface area contributed by atoms with Crippen molar-refractivity contribution in [2.45, 2.75) is 13.0 Å². The van der Waals surface area contributed by atoms with Crippen LogP contribution >= 0.6 is 11.6 Å². The summed E-state index contributed by atoms with van der Waals surface area (Å²) < 4.78 is 41.4. The van der Waals surface area contributed by atoms with Crippen LogP contribution in [-0.2, 0) is 14.8 Å². The first kappa shape index (κ1) is 22.6. The number of carbonyl (C=O) groups excluding carboxylic acids is 1. The Bertz CT molecular complexity index is 996. The number of hydrogen-bond donors (Lipinski definition) is 1. The number of methoxy groups -OCH3 is 3. The summed E-state index contributed by atoms with van der Waals surface area (Å²) in [7, 11) is 0.608. The molecule has 0 aliphatic carbocycles. The van der Waals surface area contributed by atoms with Crippen LogP contribution in [-0.4, -0.2) is 48.0 Å². The molecule has 0 saturated carbocycles. The highest BCUT2D eigenvalue weighted by Crippen LogP contribution is 2.33. The van der Waals surface area contributed by atoms with Crippen LogP contribution < -0.4 is 23.8 Å². The first-order chi connectivity index (χ1) is 13.6. The van der Waals surface area contributed by atoms with E-state index < -0.39 is 22.0 Å². The lowest BCUT2D eigenvalue weighted by Crippen LogP contribution is -2.45. The fourth-order valence-corrected chi connectivity index (χ4v) is 4.19. The van der Waals surface area contributed by atoms with Gasteiger partial charge in [0.25, 0.3) is 0 Å². The molecule has 0 aliphatic rings. The third-order valence-corrected chi connectivity index (χ3v) is 5.67. The molecule has 0 aromatic heterocycles. The first-order valence-electron chi connectivity index (χ1n) is 8.48. The maximum absolute atomic E-state index is 12.8. The highest BCUT2D eigenvalue weighted by molar-refractivity contribution is 7.92. The molecule has 29 heavy (non-hydrogen) atoms. The van der Waals surface area contributed by atoms with Gasteiger partial charge in [-0.15, -0.1) is 0 Å². The highest BCUT2D eigenvalue weighted by Gasteiger charge is 2.30. The molecule has 0 heterocycles. The SMILES string of the molecule is COc1ccc(NC(=O)C(C)N(c2ccc(OC)c(OC)c2)S(C)(=O)=O)cc1Cl. The minimum atomic E-state index is -3.79. The third kappa shape index (κ3) is 5.24. The van der Waals surface area contributed by atoms with Crippen molar-refractivity contribution in [3.63, 3.8) is 0 Å². The van der Waals surface area contributed by atoms with E-state index in [0.29, 0.717) is 28.0 Å². The maximum atomic E-state index is 12.8. The predicted molar refractivity (Wildman–Crippen MR) is 113 cm³/mol. The number of carbonyl (C=O) groups is 1. The molecule has 0 aliphatic heterocycles. The summed E-state index contributed by atoms with van der Waals surface area (Å²) in [6.07, 6.45) is 1.03. The number of nitrogens with zero attached hydrogens (tertiary/aromatic N) is 1. The predicted octanol–water partition coefficient (Wildman–Crippen LogP) is 3.16. The van der Waals surface area contributed by atoms with E-state index in [2.05, 4.69) is 5.32 Å². The average molecular weight is 443 g/mol. The second-order valence-electron chi connectivity index (χ2n) is 6.11. The number of amides is 1. The molecule has 0 bridgehead atoms.